The molecule has 0 aliphatic rings. The number of nitrogens with zero attached hydrogens (tertiary/aromatic N) is 3. The third kappa shape index (κ3) is 3.09. The number of nitrogens with one attached hydrogen (secondary N) is 1. The van der Waals surface area contributed by atoms with E-state index in [2.05, 4.69) is 15.3 Å². The summed E-state index contributed by atoms with van der Waals surface area (Å²) in [5.74, 6) is 0.373. The van der Waals surface area contributed by atoms with Crippen molar-refractivity contribution in [3.63, 3.8) is 0 Å². The second-order valence-corrected chi connectivity index (χ2v) is 4.53. The third-order valence-electron chi connectivity index (χ3n) is 2.98. The molecular weight excluding hydrogens is 284 g/mol. The van der Waals surface area contributed by atoms with Gasteiger partial charge in [-0.25, -0.2) is 4.98 Å². The van der Waals surface area contributed by atoms with Crippen molar-refractivity contribution in [1.29, 1.82) is 0 Å². The molecule has 0 unspecified atom stereocenters. The zero-order valence-electron chi connectivity index (χ0n) is 11.5. The predicted molar refractivity (Wildman–Crippen MR) is 80.2 cm³/mol. The molecule has 0 bridgehead atoms. The van der Waals surface area contributed by atoms with Crippen LogP contribution < -0.4 is 5.32 Å². The van der Waals surface area contributed by atoms with Crippen molar-refractivity contribution in [2.24, 2.45) is 0 Å². The molecule has 3 rings (SSSR count). The Bertz CT molecular complexity index is 769. The van der Waals surface area contributed by atoms with E-state index in [0.29, 0.717) is 18.1 Å². The van der Waals surface area contributed by atoms with Gasteiger partial charge in [-0.05, 0) is 28.1 Å². The van der Waals surface area contributed by atoms with Crippen LogP contribution in [0.15, 0.2) is 59.3 Å². The molecule has 0 fully saturated rings. The van der Waals surface area contributed by atoms with E-state index in [1.807, 2.05) is 30.3 Å². The monoisotopic (exact) mass is 296 g/mol. The van der Waals surface area contributed by atoms with Crippen LogP contribution in [0.3, 0.4) is 0 Å². The number of nitro groups is 1. The van der Waals surface area contributed by atoms with E-state index in [4.69, 9.17) is 4.42 Å². The minimum atomic E-state index is -0.534. The Labute approximate surface area is 125 Å². The lowest BCUT2D eigenvalue weighted by molar-refractivity contribution is -0.389. The van der Waals surface area contributed by atoms with Crippen molar-refractivity contribution in [3.05, 3.63) is 70.7 Å². The molecule has 0 saturated heterocycles. The third-order valence-corrected chi connectivity index (χ3v) is 2.98. The zero-order chi connectivity index (χ0) is 15.4. The number of hydrogen-bond donors (Lipinski definition) is 1. The summed E-state index contributed by atoms with van der Waals surface area (Å²) < 4.78 is 5.43. The zero-order valence-corrected chi connectivity index (χ0v) is 11.5. The molecule has 2 heterocycles. The Hall–Kier alpha value is -3.22. The number of benzene rings is 1. The largest absolute Gasteiger partial charge is 0.444 e. The highest BCUT2D eigenvalue weighted by atomic mass is 16.6. The fourth-order valence-electron chi connectivity index (χ4n) is 1.89. The van der Waals surface area contributed by atoms with Gasteiger partial charge in [0.2, 0.25) is 5.89 Å². The molecule has 7 nitrogen and oxygen atoms in total. The molecule has 2 aromatic heterocycles. The average Bonchev–Trinajstić information content (AvgIpc) is 3.03. The van der Waals surface area contributed by atoms with Crippen LogP contribution in [0.4, 0.5) is 11.5 Å². The Balaban J connectivity index is 1.65. The van der Waals surface area contributed by atoms with E-state index in [1.54, 1.807) is 12.3 Å². The lowest BCUT2D eigenvalue weighted by Crippen LogP contribution is -2.00. The maximum Gasteiger partial charge on any atom is 0.363 e. The molecule has 0 saturated carbocycles. The van der Waals surface area contributed by atoms with E-state index < -0.39 is 4.92 Å². The van der Waals surface area contributed by atoms with Crippen molar-refractivity contribution < 1.29 is 9.34 Å². The summed E-state index contributed by atoms with van der Waals surface area (Å²) in [4.78, 5) is 18.1. The van der Waals surface area contributed by atoms with Crippen molar-refractivity contribution in [3.8, 4) is 11.5 Å². The van der Waals surface area contributed by atoms with E-state index in [9.17, 15) is 10.1 Å². The summed E-state index contributed by atoms with van der Waals surface area (Å²) in [6, 6.07) is 12.5. The highest BCUT2D eigenvalue weighted by Crippen LogP contribution is 2.18. The molecule has 110 valence electrons. The second kappa shape index (κ2) is 6.04. The van der Waals surface area contributed by atoms with Gasteiger partial charge in [-0.2, -0.15) is 0 Å². The number of oxazole rings is 1. The van der Waals surface area contributed by atoms with Crippen LogP contribution >= 0.6 is 0 Å². The summed E-state index contributed by atoms with van der Waals surface area (Å²) in [6.45, 7) is 0.440. The van der Waals surface area contributed by atoms with Gasteiger partial charge in [-0.15, -0.1) is 0 Å². The van der Waals surface area contributed by atoms with E-state index in [-0.39, 0.29) is 5.82 Å². The van der Waals surface area contributed by atoms with Gasteiger partial charge in [0.15, 0.2) is 6.20 Å². The van der Waals surface area contributed by atoms with Crippen LogP contribution in [-0.2, 0) is 6.54 Å². The minimum absolute atomic E-state index is 0.182. The lowest BCUT2D eigenvalue weighted by Gasteiger charge is -2.01. The SMILES string of the molecule is O=[N+]([O-])c1ccc(NCc2coc(-c3ccccc3)n2)cn1. The molecule has 7 heteroatoms. The van der Waals surface area contributed by atoms with Crippen molar-refractivity contribution in [2.75, 3.05) is 5.32 Å². The molecule has 0 aliphatic heterocycles. The van der Waals surface area contributed by atoms with Crippen LogP contribution in [0, 0.1) is 10.1 Å². The standard InChI is InChI=1S/C15H12N4O3/c20-19(21)14-7-6-12(8-17-14)16-9-13-10-22-15(18-13)11-4-2-1-3-5-11/h1-8,10,16H,9H2. The molecule has 0 aliphatic carbocycles. The molecule has 1 N–H and O–H groups in total. The van der Waals surface area contributed by atoms with Gasteiger partial charge < -0.3 is 19.8 Å². The molecule has 0 spiro atoms. The van der Waals surface area contributed by atoms with Crippen LogP contribution in [0.1, 0.15) is 5.69 Å². The lowest BCUT2D eigenvalue weighted by atomic mass is 10.2. The highest BCUT2D eigenvalue weighted by Gasteiger charge is 2.08. The molecular formula is C15H12N4O3. The van der Waals surface area contributed by atoms with E-state index >= 15 is 0 Å². The fraction of sp³-hybridized carbons (Fsp3) is 0.0667. The van der Waals surface area contributed by atoms with Gasteiger partial charge in [-0.1, -0.05) is 18.2 Å². The maximum absolute atomic E-state index is 10.5. The van der Waals surface area contributed by atoms with Crippen LogP contribution in [-0.4, -0.2) is 14.9 Å². The van der Waals surface area contributed by atoms with Crippen LogP contribution in [0.25, 0.3) is 11.5 Å². The fourth-order valence-corrected chi connectivity index (χ4v) is 1.89. The minimum Gasteiger partial charge on any atom is -0.444 e. The van der Waals surface area contributed by atoms with E-state index in [1.165, 1.54) is 12.3 Å². The number of pyridine rings is 1. The van der Waals surface area contributed by atoms with Gasteiger partial charge >= 0.3 is 5.82 Å². The molecule has 3 aromatic rings. The molecule has 0 amide bonds. The molecule has 1 aromatic carbocycles. The summed E-state index contributed by atoms with van der Waals surface area (Å²) in [5.41, 5.74) is 2.32. The Morgan fingerprint density at radius 2 is 2.00 bits per heavy atom. The first-order chi connectivity index (χ1) is 10.7. The molecule has 22 heavy (non-hydrogen) atoms. The maximum atomic E-state index is 10.5. The smallest absolute Gasteiger partial charge is 0.363 e. The summed E-state index contributed by atoms with van der Waals surface area (Å²) >= 11 is 0. The Morgan fingerprint density at radius 1 is 1.18 bits per heavy atom. The number of anilines is 1. The summed E-state index contributed by atoms with van der Waals surface area (Å²) in [5, 5.41) is 13.6. The average molecular weight is 296 g/mol. The van der Waals surface area contributed by atoms with Crippen molar-refractivity contribution in [2.45, 2.75) is 6.54 Å². The first-order valence-electron chi connectivity index (χ1n) is 6.56. The predicted octanol–water partition coefficient (Wildman–Crippen LogP) is 3.26. The topological polar surface area (TPSA) is 94.1 Å². The van der Waals surface area contributed by atoms with Gasteiger partial charge in [0.25, 0.3) is 0 Å². The van der Waals surface area contributed by atoms with Gasteiger partial charge in [-0.3, -0.25) is 0 Å². The van der Waals surface area contributed by atoms with Gasteiger partial charge in [0.1, 0.15) is 6.26 Å². The molecule has 0 radical (unpaired) electrons. The van der Waals surface area contributed by atoms with E-state index in [0.717, 1.165) is 11.3 Å². The highest BCUT2D eigenvalue weighted by molar-refractivity contribution is 5.52. The molecule has 0 atom stereocenters. The quantitative estimate of drug-likeness (QED) is 0.573. The number of rotatable bonds is 5. The summed E-state index contributed by atoms with van der Waals surface area (Å²) in [6.07, 6.45) is 2.99. The summed E-state index contributed by atoms with van der Waals surface area (Å²) in [7, 11) is 0. The Morgan fingerprint density at radius 3 is 2.68 bits per heavy atom. The first kappa shape index (κ1) is 13.7. The van der Waals surface area contributed by atoms with Crippen LogP contribution in [0.2, 0.25) is 0 Å². The number of hydrogen-bond acceptors (Lipinski definition) is 6. The van der Waals surface area contributed by atoms with Crippen molar-refractivity contribution >= 4 is 11.5 Å². The second-order valence-electron chi connectivity index (χ2n) is 4.53. The van der Waals surface area contributed by atoms with Gasteiger partial charge in [0, 0.05) is 11.6 Å². The number of aromatic nitrogens is 2. The normalized spacial score (nSPS) is 10.4. The van der Waals surface area contributed by atoms with Crippen molar-refractivity contribution in [1.82, 2.24) is 9.97 Å². The van der Waals surface area contributed by atoms with Gasteiger partial charge in [0.05, 0.1) is 17.9 Å². The Kier molecular flexibility index (Phi) is 3.78. The van der Waals surface area contributed by atoms with Crippen LogP contribution in [0.5, 0.6) is 0 Å². The first-order valence-corrected chi connectivity index (χ1v) is 6.56.